The van der Waals surface area contributed by atoms with Crippen molar-refractivity contribution in [3.8, 4) is 0 Å². The SMILES string of the molecule is CC(C)c1ccc(Nc2nnc(SCC(=O)NC(=O)c3cccn3C)s2)cc1. The number of nitrogens with zero attached hydrogens (tertiary/aromatic N) is 3. The quantitative estimate of drug-likeness (QED) is 0.571. The molecule has 1 aromatic carbocycles. The molecule has 0 saturated heterocycles. The molecule has 0 aliphatic heterocycles. The van der Waals surface area contributed by atoms with Gasteiger partial charge in [-0.25, -0.2) is 0 Å². The first-order chi connectivity index (χ1) is 13.4. The van der Waals surface area contributed by atoms with Crippen molar-refractivity contribution in [2.45, 2.75) is 24.1 Å². The predicted octanol–water partition coefficient (Wildman–Crippen LogP) is 3.79. The highest BCUT2D eigenvalue weighted by molar-refractivity contribution is 8.01. The molecular weight excluding hydrogens is 394 g/mol. The minimum Gasteiger partial charge on any atom is -0.347 e. The highest BCUT2D eigenvalue weighted by atomic mass is 32.2. The van der Waals surface area contributed by atoms with Gasteiger partial charge in [0.15, 0.2) is 4.34 Å². The van der Waals surface area contributed by atoms with E-state index < -0.39 is 5.91 Å². The summed E-state index contributed by atoms with van der Waals surface area (Å²) in [6, 6.07) is 11.6. The summed E-state index contributed by atoms with van der Waals surface area (Å²) in [5.41, 5.74) is 2.64. The number of rotatable bonds is 7. The Bertz CT molecular complexity index is 963. The first-order valence-electron chi connectivity index (χ1n) is 8.71. The number of aryl methyl sites for hydroxylation is 1. The third-order valence-corrected chi connectivity index (χ3v) is 5.96. The van der Waals surface area contributed by atoms with Crippen LogP contribution in [0.2, 0.25) is 0 Å². The van der Waals surface area contributed by atoms with Crippen LogP contribution in [0.3, 0.4) is 0 Å². The zero-order chi connectivity index (χ0) is 20.1. The number of hydrogen-bond donors (Lipinski definition) is 2. The number of anilines is 2. The van der Waals surface area contributed by atoms with Crippen LogP contribution in [-0.4, -0.2) is 32.3 Å². The van der Waals surface area contributed by atoms with Gasteiger partial charge in [-0.15, -0.1) is 10.2 Å². The number of amides is 2. The topological polar surface area (TPSA) is 88.9 Å². The van der Waals surface area contributed by atoms with E-state index in [2.05, 4.69) is 46.8 Å². The molecule has 0 atom stereocenters. The molecule has 28 heavy (non-hydrogen) atoms. The molecule has 0 aliphatic carbocycles. The highest BCUT2D eigenvalue weighted by Crippen LogP contribution is 2.28. The monoisotopic (exact) mass is 415 g/mol. The molecule has 0 radical (unpaired) electrons. The van der Waals surface area contributed by atoms with E-state index in [0.717, 1.165) is 5.69 Å². The summed E-state index contributed by atoms with van der Waals surface area (Å²) in [6.45, 7) is 4.31. The lowest BCUT2D eigenvalue weighted by Crippen LogP contribution is -2.32. The molecule has 0 bridgehead atoms. The van der Waals surface area contributed by atoms with E-state index in [4.69, 9.17) is 0 Å². The molecule has 2 N–H and O–H groups in total. The third kappa shape index (κ3) is 5.20. The average molecular weight is 416 g/mol. The van der Waals surface area contributed by atoms with Crippen molar-refractivity contribution < 1.29 is 9.59 Å². The van der Waals surface area contributed by atoms with Crippen LogP contribution in [-0.2, 0) is 11.8 Å². The van der Waals surface area contributed by atoms with Crippen molar-refractivity contribution in [3.05, 3.63) is 53.9 Å². The van der Waals surface area contributed by atoms with Gasteiger partial charge in [-0.05, 0) is 35.7 Å². The molecule has 3 rings (SSSR count). The van der Waals surface area contributed by atoms with E-state index in [1.165, 1.54) is 28.7 Å². The van der Waals surface area contributed by atoms with Gasteiger partial charge in [0.25, 0.3) is 5.91 Å². The molecule has 0 saturated carbocycles. The van der Waals surface area contributed by atoms with E-state index in [-0.39, 0.29) is 11.7 Å². The Hall–Kier alpha value is -2.65. The van der Waals surface area contributed by atoms with E-state index in [1.54, 1.807) is 29.9 Å². The molecule has 3 aromatic rings. The van der Waals surface area contributed by atoms with Crippen LogP contribution >= 0.6 is 23.1 Å². The standard InChI is InChI=1S/C19H21N5O2S2/c1-12(2)13-6-8-14(9-7-13)20-18-22-23-19(28-18)27-11-16(25)21-17(26)15-5-4-10-24(15)3/h4-10,12H,11H2,1-3H3,(H,20,22)(H,21,25,26). The Morgan fingerprint density at radius 3 is 2.57 bits per heavy atom. The Balaban J connectivity index is 1.49. The summed E-state index contributed by atoms with van der Waals surface area (Å²) in [6.07, 6.45) is 1.75. The molecule has 7 nitrogen and oxygen atoms in total. The number of thioether (sulfide) groups is 1. The van der Waals surface area contributed by atoms with Crippen molar-refractivity contribution in [3.63, 3.8) is 0 Å². The minimum absolute atomic E-state index is 0.0912. The molecule has 9 heteroatoms. The summed E-state index contributed by atoms with van der Waals surface area (Å²) in [5, 5.41) is 14.4. The molecule has 0 unspecified atom stereocenters. The summed E-state index contributed by atoms with van der Waals surface area (Å²) in [4.78, 5) is 24.0. The third-order valence-electron chi connectivity index (χ3n) is 3.99. The number of aromatic nitrogens is 3. The van der Waals surface area contributed by atoms with Crippen LogP contribution in [0, 0.1) is 0 Å². The molecule has 0 fully saturated rings. The maximum atomic E-state index is 12.0. The van der Waals surface area contributed by atoms with Crippen molar-refractivity contribution in [1.29, 1.82) is 0 Å². The lowest BCUT2D eigenvalue weighted by Gasteiger charge is -2.06. The average Bonchev–Trinajstić information content (AvgIpc) is 3.29. The van der Waals surface area contributed by atoms with Gasteiger partial charge in [0.05, 0.1) is 5.75 Å². The minimum atomic E-state index is -0.414. The van der Waals surface area contributed by atoms with Crippen molar-refractivity contribution >= 4 is 45.7 Å². The molecule has 146 valence electrons. The van der Waals surface area contributed by atoms with Gasteiger partial charge < -0.3 is 9.88 Å². The Kier molecular flexibility index (Phi) is 6.48. The molecule has 2 amide bonds. The summed E-state index contributed by atoms with van der Waals surface area (Å²) < 4.78 is 2.31. The molecule has 0 spiro atoms. The van der Waals surface area contributed by atoms with Crippen LogP contribution in [0.4, 0.5) is 10.8 Å². The number of imide groups is 1. The summed E-state index contributed by atoms with van der Waals surface area (Å²) in [5.74, 6) is -0.209. The van der Waals surface area contributed by atoms with Crippen LogP contribution in [0.5, 0.6) is 0 Å². The van der Waals surface area contributed by atoms with Crippen LogP contribution in [0.1, 0.15) is 35.8 Å². The number of hydrogen-bond acceptors (Lipinski definition) is 7. The second kappa shape index (κ2) is 9.03. The van der Waals surface area contributed by atoms with Gasteiger partial charge in [0.2, 0.25) is 11.0 Å². The van der Waals surface area contributed by atoms with Gasteiger partial charge in [-0.3, -0.25) is 14.9 Å². The summed E-state index contributed by atoms with van der Waals surface area (Å²) >= 11 is 2.60. The van der Waals surface area contributed by atoms with Gasteiger partial charge in [0, 0.05) is 18.9 Å². The van der Waals surface area contributed by atoms with Crippen molar-refractivity contribution in [1.82, 2.24) is 20.1 Å². The first-order valence-corrected chi connectivity index (χ1v) is 10.5. The largest absolute Gasteiger partial charge is 0.347 e. The fourth-order valence-corrected chi connectivity index (χ4v) is 4.02. The first kappa shape index (κ1) is 20.1. The number of nitrogens with one attached hydrogen (secondary N) is 2. The fourth-order valence-electron chi connectivity index (χ4n) is 2.44. The van der Waals surface area contributed by atoms with E-state index in [1.807, 2.05) is 12.1 Å². The highest BCUT2D eigenvalue weighted by Gasteiger charge is 2.14. The zero-order valence-corrected chi connectivity index (χ0v) is 17.4. The van der Waals surface area contributed by atoms with Gasteiger partial charge in [-0.1, -0.05) is 49.1 Å². The van der Waals surface area contributed by atoms with Gasteiger partial charge in [-0.2, -0.15) is 0 Å². The summed E-state index contributed by atoms with van der Waals surface area (Å²) in [7, 11) is 1.75. The van der Waals surface area contributed by atoms with Crippen LogP contribution in [0.25, 0.3) is 0 Å². The lowest BCUT2D eigenvalue weighted by atomic mass is 10.0. The molecule has 0 aliphatic rings. The zero-order valence-electron chi connectivity index (χ0n) is 15.8. The Morgan fingerprint density at radius 1 is 1.18 bits per heavy atom. The Morgan fingerprint density at radius 2 is 1.93 bits per heavy atom. The lowest BCUT2D eigenvalue weighted by molar-refractivity contribution is -0.117. The van der Waals surface area contributed by atoms with Gasteiger partial charge in [0.1, 0.15) is 5.69 Å². The van der Waals surface area contributed by atoms with Crippen LogP contribution < -0.4 is 10.6 Å². The molecule has 2 aromatic heterocycles. The number of carbonyl (C=O) groups is 2. The van der Waals surface area contributed by atoms with E-state index >= 15 is 0 Å². The maximum Gasteiger partial charge on any atom is 0.274 e. The van der Waals surface area contributed by atoms with E-state index in [9.17, 15) is 9.59 Å². The fraction of sp³-hybridized carbons (Fsp3) is 0.263. The number of benzene rings is 1. The van der Waals surface area contributed by atoms with Gasteiger partial charge >= 0.3 is 0 Å². The van der Waals surface area contributed by atoms with Crippen molar-refractivity contribution in [2.75, 3.05) is 11.1 Å². The second-order valence-electron chi connectivity index (χ2n) is 6.45. The van der Waals surface area contributed by atoms with Crippen molar-refractivity contribution in [2.24, 2.45) is 7.05 Å². The normalized spacial score (nSPS) is 10.9. The van der Waals surface area contributed by atoms with Crippen LogP contribution in [0.15, 0.2) is 46.9 Å². The van der Waals surface area contributed by atoms with E-state index in [0.29, 0.717) is 21.1 Å². The Labute approximate surface area is 171 Å². The predicted molar refractivity (Wildman–Crippen MR) is 112 cm³/mol. The second-order valence-corrected chi connectivity index (χ2v) is 8.65. The smallest absolute Gasteiger partial charge is 0.274 e. The molecule has 2 heterocycles. The molecular formula is C19H21N5O2S2. The number of carbonyl (C=O) groups excluding carboxylic acids is 2. The maximum absolute atomic E-state index is 12.0.